The number of amides is 1. The van der Waals surface area contributed by atoms with E-state index in [1.54, 1.807) is 6.20 Å². The van der Waals surface area contributed by atoms with Crippen molar-refractivity contribution in [3.63, 3.8) is 0 Å². The van der Waals surface area contributed by atoms with E-state index < -0.39 is 5.60 Å². The van der Waals surface area contributed by atoms with Crippen LogP contribution in [0.25, 0.3) is 0 Å². The lowest BCUT2D eigenvalue weighted by atomic mass is 10.2. The van der Waals surface area contributed by atoms with Crippen LogP contribution in [0.5, 0.6) is 0 Å². The lowest BCUT2D eigenvalue weighted by Gasteiger charge is -2.22. The lowest BCUT2D eigenvalue weighted by molar-refractivity contribution is 0.0509. The van der Waals surface area contributed by atoms with E-state index in [4.69, 9.17) is 10.5 Å². The average molecular weight is 278 g/mol. The molecular formula is C14H22N4O2. The molecule has 1 atom stereocenters. The Morgan fingerprint density at radius 3 is 2.95 bits per heavy atom. The van der Waals surface area contributed by atoms with E-state index in [1.165, 1.54) is 0 Å². The smallest absolute Gasteiger partial charge is 0.407 e. The Kier molecular flexibility index (Phi) is 4.01. The van der Waals surface area contributed by atoms with Gasteiger partial charge in [-0.3, -0.25) is 0 Å². The Hall–Kier alpha value is -1.98. The van der Waals surface area contributed by atoms with Crippen molar-refractivity contribution in [1.29, 1.82) is 0 Å². The van der Waals surface area contributed by atoms with Crippen LogP contribution in [0.2, 0.25) is 0 Å². The van der Waals surface area contributed by atoms with Gasteiger partial charge in [0.05, 0.1) is 6.04 Å². The summed E-state index contributed by atoms with van der Waals surface area (Å²) in [5.41, 5.74) is 6.25. The summed E-state index contributed by atoms with van der Waals surface area (Å²) in [7, 11) is 0. The molecule has 1 aliphatic rings. The van der Waals surface area contributed by atoms with E-state index in [2.05, 4.69) is 15.2 Å². The number of aromatic nitrogens is 1. The van der Waals surface area contributed by atoms with Gasteiger partial charge in [-0.25, -0.2) is 9.78 Å². The molecule has 0 aliphatic carbocycles. The summed E-state index contributed by atoms with van der Waals surface area (Å²) in [6.45, 7) is 7.19. The van der Waals surface area contributed by atoms with Crippen molar-refractivity contribution >= 4 is 17.6 Å². The number of hydrogen-bond acceptors (Lipinski definition) is 5. The first-order valence-corrected chi connectivity index (χ1v) is 6.79. The largest absolute Gasteiger partial charge is 0.444 e. The number of rotatable bonds is 2. The van der Waals surface area contributed by atoms with Gasteiger partial charge in [-0.15, -0.1) is 0 Å². The third kappa shape index (κ3) is 4.01. The van der Waals surface area contributed by atoms with E-state index in [-0.39, 0.29) is 12.1 Å². The van der Waals surface area contributed by atoms with Gasteiger partial charge in [0, 0.05) is 31.0 Å². The molecule has 0 radical (unpaired) electrons. The van der Waals surface area contributed by atoms with Crippen molar-refractivity contribution in [3.05, 3.63) is 18.3 Å². The summed E-state index contributed by atoms with van der Waals surface area (Å²) >= 11 is 0. The monoisotopic (exact) mass is 278 g/mol. The van der Waals surface area contributed by atoms with Gasteiger partial charge < -0.3 is 20.7 Å². The molecule has 6 nitrogen and oxygen atoms in total. The van der Waals surface area contributed by atoms with Crippen molar-refractivity contribution < 1.29 is 9.53 Å². The highest BCUT2D eigenvalue weighted by Crippen LogP contribution is 2.21. The molecule has 0 unspecified atom stereocenters. The third-order valence-electron chi connectivity index (χ3n) is 3.04. The minimum absolute atomic E-state index is 0.0965. The highest BCUT2D eigenvalue weighted by atomic mass is 16.6. The van der Waals surface area contributed by atoms with Crippen LogP contribution in [-0.4, -0.2) is 35.8 Å². The van der Waals surface area contributed by atoms with Crippen molar-refractivity contribution in [1.82, 2.24) is 10.3 Å². The molecule has 2 rings (SSSR count). The molecule has 6 heteroatoms. The second kappa shape index (κ2) is 5.56. The third-order valence-corrected chi connectivity index (χ3v) is 3.04. The summed E-state index contributed by atoms with van der Waals surface area (Å²) in [5.74, 6) is 0.506. The van der Waals surface area contributed by atoms with Crippen molar-refractivity contribution in [2.45, 2.75) is 38.8 Å². The van der Waals surface area contributed by atoms with Gasteiger partial charge in [-0.05, 0) is 33.3 Å². The van der Waals surface area contributed by atoms with E-state index >= 15 is 0 Å². The maximum absolute atomic E-state index is 11.7. The molecule has 1 aliphatic heterocycles. The van der Waals surface area contributed by atoms with Crippen LogP contribution < -0.4 is 16.0 Å². The molecule has 1 aromatic rings. The first kappa shape index (κ1) is 14.4. The highest BCUT2D eigenvalue weighted by molar-refractivity contribution is 5.68. The molecule has 1 aromatic heterocycles. The molecule has 110 valence electrons. The van der Waals surface area contributed by atoms with Crippen LogP contribution in [0.15, 0.2) is 18.3 Å². The zero-order valence-corrected chi connectivity index (χ0v) is 12.2. The number of nitrogen functional groups attached to an aromatic ring is 1. The summed E-state index contributed by atoms with van der Waals surface area (Å²) < 4.78 is 5.26. The Morgan fingerprint density at radius 2 is 2.30 bits per heavy atom. The molecule has 0 aromatic carbocycles. The van der Waals surface area contributed by atoms with E-state index in [9.17, 15) is 4.79 Å². The maximum atomic E-state index is 11.7. The second-order valence-electron chi connectivity index (χ2n) is 6.02. The average Bonchev–Trinajstić information content (AvgIpc) is 2.74. The number of anilines is 2. The molecular weight excluding hydrogens is 256 g/mol. The number of carbonyl (C=O) groups is 1. The number of hydrogen-bond donors (Lipinski definition) is 2. The first-order chi connectivity index (χ1) is 9.33. The molecule has 1 fully saturated rings. The molecule has 20 heavy (non-hydrogen) atoms. The Balaban J connectivity index is 1.88. The Morgan fingerprint density at radius 1 is 1.55 bits per heavy atom. The quantitative estimate of drug-likeness (QED) is 0.861. The Bertz CT molecular complexity index is 484. The number of pyridine rings is 1. The number of nitrogens with zero attached hydrogens (tertiary/aromatic N) is 2. The molecule has 1 amide bonds. The minimum Gasteiger partial charge on any atom is -0.444 e. The lowest BCUT2D eigenvalue weighted by Crippen LogP contribution is -2.40. The predicted octanol–water partition coefficient (Wildman–Crippen LogP) is 1.77. The fraction of sp³-hybridized carbons (Fsp3) is 0.571. The number of nitrogens with two attached hydrogens (primary N) is 1. The van der Waals surface area contributed by atoms with Crippen LogP contribution in [0.1, 0.15) is 27.2 Å². The number of alkyl carbamates (subject to hydrolysis) is 1. The van der Waals surface area contributed by atoms with Gasteiger partial charge in [0.25, 0.3) is 0 Å². The minimum atomic E-state index is -0.470. The van der Waals surface area contributed by atoms with Crippen LogP contribution in [0.4, 0.5) is 16.3 Å². The molecule has 2 heterocycles. The second-order valence-corrected chi connectivity index (χ2v) is 6.02. The predicted molar refractivity (Wildman–Crippen MR) is 78.6 cm³/mol. The maximum Gasteiger partial charge on any atom is 0.407 e. The molecule has 1 saturated heterocycles. The fourth-order valence-electron chi connectivity index (χ4n) is 2.22. The molecule has 0 bridgehead atoms. The van der Waals surface area contributed by atoms with Gasteiger partial charge in [0.15, 0.2) is 0 Å². The molecule has 0 spiro atoms. The van der Waals surface area contributed by atoms with E-state index in [1.807, 2.05) is 32.9 Å². The summed E-state index contributed by atoms with van der Waals surface area (Å²) in [6, 6.07) is 3.86. The number of ether oxygens (including phenoxy) is 1. The number of carbonyl (C=O) groups excluding carboxylic acids is 1. The molecule has 0 saturated carbocycles. The van der Waals surface area contributed by atoms with E-state index in [0.717, 1.165) is 25.2 Å². The zero-order chi connectivity index (χ0) is 14.8. The normalized spacial score (nSPS) is 18.9. The van der Waals surface area contributed by atoms with Crippen LogP contribution in [0, 0.1) is 0 Å². The first-order valence-electron chi connectivity index (χ1n) is 6.79. The standard InChI is InChI=1S/C14H22N4O2/c1-14(2,3)20-13(19)17-10-5-7-18(9-10)11-4-6-16-12(15)8-11/h4,6,8,10H,5,7,9H2,1-3H3,(H2,15,16)(H,17,19)/t10-/m0/s1. The van der Waals surface area contributed by atoms with Gasteiger partial charge in [0.1, 0.15) is 11.4 Å². The number of nitrogens with one attached hydrogen (secondary N) is 1. The van der Waals surface area contributed by atoms with Gasteiger partial charge in [-0.1, -0.05) is 0 Å². The van der Waals surface area contributed by atoms with Gasteiger partial charge in [-0.2, -0.15) is 0 Å². The van der Waals surface area contributed by atoms with Crippen molar-refractivity contribution in [3.8, 4) is 0 Å². The van der Waals surface area contributed by atoms with Crippen molar-refractivity contribution in [2.24, 2.45) is 0 Å². The zero-order valence-electron chi connectivity index (χ0n) is 12.2. The Labute approximate surface area is 119 Å². The van der Waals surface area contributed by atoms with Gasteiger partial charge >= 0.3 is 6.09 Å². The van der Waals surface area contributed by atoms with E-state index in [0.29, 0.717) is 5.82 Å². The van der Waals surface area contributed by atoms with Crippen LogP contribution in [-0.2, 0) is 4.74 Å². The summed E-state index contributed by atoms with van der Waals surface area (Å²) in [5, 5.41) is 2.90. The fourth-order valence-corrected chi connectivity index (χ4v) is 2.22. The topological polar surface area (TPSA) is 80.5 Å². The highest BCUT2D eigenvalue weighted by Gasteiger charge is 2.26. The summed E-state index contributed by atoms with van der Waals surface area (Å²) in [4.78, 5) is 17.9. The van der Waals surface area contributed by atoms with Crippen LogP contribution in [0.3, 0.4) is 0 Å². The molecule has 3 N–H and O–H groups in total. The SMILES string of the molecule is CC(C)(C)OC(=O)N[C@H]1CCN(c2ccnc(N)c2)C1. The summed E-state index contributed by atoms with van der Waals surface area (Å²) in [6.07, 6.45) is 2.22. The van der Waals surface area contributed by atoms with Crippen LogP contribution >= 0.6 is 0 Å². The van der Waals surface area contributed by atoms with Crippen molar-refractivity contribution in [2.75, 3.05) is 23.7 Å². The van der Waals surface area contributed by atoms with Gasteiger partial charge in [0.2, 0.25) is 0 Å².